The third-order valence-corrected chi connectivity index (χ3v) is 8.00. The summed E-state index contributed by atoms with van der Waals surface area (Å²) in [6, 6.07) is 0. The Morgan fingerprint density at radius 3 is 1.88 bits per heavy atom. The zero-order valence-electron chi connectivity index (χ0n) is 10.8. The van der Waals surface area contributed by atoms with Gasteiger partial charge in [-0.25, -0.2) is 0 Å². The third kappa shape index (κ3) is 4.32. The molecule has 5 heteroatoms. The second-order valence-corrected chi connectivity index (χ2v) is 8.93. The van der Waals surface area contributed by atoms with E-state index in [2.05, 4.69) is 40.8 Å². The Hall–Kier alpha value is 0.951. The molecule has 1 atom stereocenters. The molecule has 0 saturated carbocycles. The Bertz CT molecular complexity index is 300. The molecule has 0 N–H and O–H groups in total. The van der Waals surface area contributed by atoms with Crippen molar-refractivity contribution in [3.05, 3.63) is 20.6 Å². The number of allylic oxidation sites excluding steroid dienone is 4. The average molecular weight is 315 g/mol. The summed E-state index contributed by atoms with van der Waals surface area (Å²) in [6.07, 6.45) is 0. The van der Waals surface area contributed by atoms with Crippen LogP contribution in [0.25, 0.3) is 0 Å². The summed E-state index contributed by atoms with van der Waals surface area (Å²) in [5, 5.41) is 0. The average Bonchev–Trinajstić information content (AvgIpc) is 2.29. The largest absolute Gasteiger partial charge is 1.00 e. The maximum absolute atomic E-state index is 5.94. The molecule has 0 saturated heterocycles. The molecule has 16 heavy (non-hydrogen) atoms. The standard InChI is InChI=1S/C9H13.C2H7OSi.2ClH.Ti/c1-6-5-7(2)9(4)8(6)3;1-4(2)3;;;/h6H,1-4H3;4H,1-2H3;2*1H;/q;-1;;;+3/p-2. The van der Waals surface area contributed by atoms with Crippen LogP contribution < -0.4 is 24.8 Å². The van der Waals surface area contributed by atoms with Crippen LogP contribution in [0.3, 0.4) is 0 Å². The van der Waals surface area contributed by atoms with E-state index < -0.39 is 9.04 Å². The van der Waals surface area contributed by atoms with Crippen LogP contribution in [-0.4, -0.2) is 9.04 Å². The van der Waals surface area contributed by atoms with Crippen molar-refractivity contribution in [2.45, 2.75) is 40.8 Å². The van der Waals surface area contributed by atoms with Gasteiger partial charge < -0.3 is 24.8 Å². The Morgan fingerprint density at radius 1 is 1.06 bits per heavy atom. The molecule has 1 aliphatic rings. The molecular weight excluding hydrogens is 295 g/mol. The van der Waals surface area contributed by atoms with Crippen molar-refractivity contribution in [1.82, 2.24) is 0 Å². The van der Waals surface area contributed by atoms with Gasteiger partial charge >= 0.3 is 98.9 Å². The summed E-state index contributed by atoms with van der Waals surface area (Å²) in [5.41, 5.74) is 4.57. The van der Waals surface area contributed by atoms with Gasteiger partial charge in [0.1, 0.15) is 0 Å². The molecule has 1 rings (SSSR count). The Balaban J connectivity index is 0. The number of rotatable bonds is 3. The predicted molar refractivity (Wildman–Crippen MR) is 60.2 cm³/mol. The molecule has 0 aromatic carbocycles. The van der Waals surface area contributed by atoms with Gasteiger partial charge in [-0.05, 0) is 0 Å². The quantitative estimate of drug-likeness (QED) is 0.513. The maximum atomic E-state index is 5.94. The topological polar surface area (TPSA) is 9.23 Å². The van der Waals surface area contributed by atoms with Gasteiger partial charge in [-0.3, -0.25) is 0 Å². The van der Waals surface area contributed by atoms with E-state index in [9.17, 15) is 0 Å². The van der Waals surface area contributed by atoms with Crippen LogP contribution in [0, 0.1) is 5.92 Å². The van der Waals surface area contributed by atoms with Crippen molar-refractivity contribution in [2.24, 2.45) is 5.92 Å². The first-order valence-corrected chi connectivity index (χ1v) is 9.45. The van der Waals surface area contributed by atoms with Crippen molar-refractivity contribution in [3.8, 4) is 0 Å². The van der Waals surface area contributed by atoms with Crippen molar-refractivity contribution < 1.29 is 47.4 Å². The second-order valence-electron chi connectivity index (χ2n) is 4.34. The van der Waals surface area contributed by atoms with Gasteiger partial charge in [0.2, 0.25) is 0 Å². The fourth-order valence-corrected chi connectivity index (χ4v) is 4.92. The summed E-state index contributed by atoms with van der Waals surface area (Å²) in [5.74, 6) is 0.655. The van der Waals surface area contributed by atoms with Crippen LogP contribution >= 0.6 is 0 Å². The van der Waals surface area contributed by atoms with Crippen LogP contribution in [0.15, 0.2) is 20.6 Å². The zero-order chi connectivity index (χ0) is 10.9. The van der Waals surface area contributed by atoms with Crippen molar-refractivity contribution in [2.75, 3.05) is 0 Å². The summed E-state index contributed by atoms with van der Waals surface area (Å²) in [6.45, 7) is 13.6. The normalized spacial score (nSPS) is 19.6. The Kier molecular flexibility index (Phi) is 9.80. The third-order valence-electron chi connectivity index (χ3n) is 3.05. The minimum Gasteiger partial charge on any atom is -1.00 e. The molecule has 1 nitrogen and oxygen atoms in total. The van der Waals surface area contributed by atoms with Crippen LogP contribution in [-0.2, 0) is 22.5 Å². The van der Waals surface area contributed by atoms with Crippen LogP contribution in [0.5, 0.6) is 0 Å². The molecule has 92 valence electrons. The van der Waals surface area contributed by atoms with E-state index in [0.29, 0.717) is 5.92 Å². The van der Waals surface area contributed by atoms with Crippen LogP contribution in [0.4, 0.5) is 0 Å². The zero-order valence-corrected chi connectivity index (χ0v) is 15.0. The maximum Gasteiger partial charge on any atom is -1.00 e. The fraction of sp³-hybridized carbons (Fsp3) is 0.636. The van der Waals surface area contributed by atoms with Gasteiger partial charge in [-0.1, -0.05) is 0 Å². The molecule has 0 spiro atoms. The van der Waals surface area contributed by atoms with Crippen molar-refractivity contribution in [1.29, 1.82) is 0 Å². The summed E-state index contributed by atoms with van der Waals surface area (Å²) in [7, 11) is -0.819. The Labute approximate surface area is 123 Å². The molecule has 0 heterocycles. The number of hydrogen-bond donors (Lipinski definition) is 0. The van der Waals surface area contributed by atoms with E-state index in [4.69, 9.17) is 3.01 Å². The Morgan fingerprint density at radius 2 is 1.56 bits per heavy atom. The van der Waals surface area contributed by atoms with Crippen LogP contribution in [0.1, 0.15) is 27.7 Å². The van der Waals surface area contributed by atoms with E-state index in [1.54, 1.807) is 9.45 Å². The SMILES string of the molecule is CC1=C(C)C(C)[C]([Ti+2][O][SiH](C)C)=C1C.[Cl-].[Cl-]. The van der Waals surface area contributed by atoms with Crippen molar-refractivity contribution >= 4 is 9.04 Å². The van der Waals surface area contributed by atoms with Gasteiger partial charge in [0.25, 0.3) is 0 Å². The summed E-state index contributed by atoms with van der Waals surface area (Å²) in [4.78, 5) is 0. The first-order chi connectivity index (χ1) is 6.45. The number of hydrogen-bond acceptors (Lipinski definition) is 1. The molecule has 1 unspecified atom stereocenters. The molecular formula is C11H20Cl2OSiTi. The molecule has 0 radical (unpaired) electrons. The van der Waals surface area contributed by atoms with Crippen molar-refractivity contribution in [3.63, 3.8) is 0 Å². The van der Waals surface area contributed by atoms with E-state index in [1.165, 1.54) is 11.1 Å². The number of halogens is 2. The van der Waals surface area contributed by atoms with Gasteiger partial charge in [0.05, 0.1) is 0 Å². The van der Waals surface area contributed by atoms with E-state index >= 15 is 0 Å². The molecule has 0 aromatic heterocycles. The van der Waals surface area contributed by atoms with E-state index in [0.717, 1.165) is 0 Å². The summed E-state index contributed by atoms with van der Waals surface area (Å²) < 4.78 is 7.57. The van der Waals surface area contributed by atoms with E-state index in [-0.39, 0.29) is 44.4 Å². The fourth-order valence-electron chi connectivity index (χ4n) is 1.71. The smallest absolute Gasteiger partial charge is 1.00 e. The van der Waals surface area contributed by atoms with Gasteiger partial charge in [0, 0.05) is 0 Å². The molecule has 1 aliphatic carbocycles. The minimum atomic E-state index is -0.819. The van der Waals surface area contributed by atoms with Crippen LogP contribution in [0.2, 0.25) is 13.1 Å². The second kappa shape index (κ2) is 8.12. The molecule has 0 bridgehead atoms. The predicted octanol–water partition coefficient (Wildman–Crippen LogP) is -2.75. The molecule has 0 aromatic rings. The van der Waals surface area contributed by atoms with E-state index in [1.807, 2.05) is 0 Å². The first-order valence-electron chi connectivity index (χ1n) is 5.25. The molecule has 0 amide bonds. The monoisotopic (exact) mass is 314 g/mol. The summed E-state index contributed by atoms with van der Waals surface area (Å²) >= 11 is -0.291. The first kappa shape index (κ1) is 19.3. The van der Waals surface area contributed by atoms with Gasteiger partial charge in [-0.2, -0.15) is 0 Å². The van der Waals surface area contributed by atoms with Gasteiger partial charge in [0.15, 0.2) is 0 Å². The molecule has 0 fully saturated rings. The minimum absolute atomic E-state index is 0. The van der Waals surface area contributed by atoms with Gasteiger partial charge in [-0.15, -0.1) is 0 Å². The molecule has 0 aliphatic heterocycles.